The van der Waals surface area contributed by atoms with Gasteiger partial charge in [0, 0.05) is 23.6 Å². The molecule has 1 radical (unpaired) electrons. The first-order valence-corrected chi connectivity index (χ1v) is 3.33. The third kappa shape index (κ3) is 9.29. The summed E-state index contributed by atoms with van der Waals surface area (Å²) in [5, 5.41) is 25.0. The van der Waals surface area contributed by atoms with E-state index in [0.717, 1.165) is 4.90 Å². The fourth-order valence-electron chi connectivity index (χ4n) is 0.738. The van der Waals surface area contributed by atoms with Gasteiger partial charge >= 0.3 is 11.9 Å². The molecule has 0 aliphatic heterocycles. The zero-order chi connectivity index (χ0) is 9.56. The van der Waals surface area contributed by atoms with Crippen molar-refractivity contribution in [3.05, 3.63) is 0 Å². The molecule has 6 nitrogen and oxygen atoms in total. The van der Waals surface area contributed by atoms with Crippen molar-refractivity contribution in [2.75, 3.05) is 26.2 Å². The monoisotopic (exact) mass is 232 g/mol. The van der Waals surface area contributed by atoms with Crippen LogP contribution in [0.1, 0.15) is 0 Å². The van der Waals surface area contributed by atoms with Gasteiger partial charge in [0.25, 0.3) is 0 Å². The molecule has 0 saturated heterocycles. The molecule has 0 aromatic rings. The first-order valence-electron chi connectivity index (χ1n) is 3.33. The maximum absolute atomic E-state index is 10.1. The van der Waals surface area contributed by atoms with Crippen LogP contribution in [-0.4, -0.2) is 58.4 Å². The van der Waals surface area contributed by atoms with Gasteiger partial charge in [-0.2, -0.15) is 0 Å². The number of carboxylic acid groups (broad SMARTS) is 2. The summed E-state index contributed by atoms with van der Waals surface area (Å²) in [5.41, 5.74) is 0. The molecule has 0 fully saturated rings. The minimum absolute atomic E-state index is 0. The SMILES string of the molecule is O=C(O)CN(CCO)CC(=O)O.[Mn]. The Morgan fingerprint density at radius 3 is 1.69 bits per heavy atom. The number of nitrogens with zero attached hydrogens (tertiary/aromatic N) is 1. The average molecular weight is 232 g/mol. The largest absolute Gasteiger partial charge is 0.480 e. The van der Waals surface area contributed by atoms with Crippen LogP contribution in [0.5, 0.6) is 0 Å². The summed E-state index contributed by atoms with van der Waals surface area (Å²) in [6.07, 6.45) is 0. The van der Waals surface area contributed by atoms with Crippen LogP contribution in [0.2, 0.25) is 0 Å². The van der Waals surface area contributed by atoms with Gasteiger partial charge in [0.15, 0.2) is 0 Å². The van der Waals surface area contributed by atoms with Crippen LogP contribution in [0.3, 0.4) is 0 Å². The Labute approximate surface area is 85.6 Å². The summed E-state index contributed by atoms with van der Waals surface area (Å²) >= 11 is 0. The van der Waals surface area contributed by atoms with Gasteiger partial charge in [-0.15, -0.1) is 0 Å². The second-order valence-electron chi connectivity index (χ2n) is 2.22. The van der Waals surface area contributed by atoms with Crippen LogP contribution in [-0.2, 0) is 26.7 Å². The van der Waals surface area contributed by atoms with E-state index < -0.39 is 11.9 Å². The maximum atomic E-state index is 10.1. The Bertz CT molecular complexity index is 158. The fourth-order valence-corrected chi connectivity index (χ4v) is 0.738. The van der Waals surface area contributed by atoms with Gasteiger partial charge in [0.2, 0.25) is 0 Å². The predicted molar refractivity (Wildman–Crippen MR) is 38.8 cm³/mol. The Morgan fingerprint density at radius 1 is 1.08 bits per heavy atom. The summed E-state index contributed by atoms with van der Waals surface area (Å²) in [6, 6.07) is 0. The Morgan fingerprint density at radius 2 is 1.46 bits per heavy atom. The van der Waals surface area contributed by atoms with E-state index in [1.54, 1.807) is 0 Å². The van der Waals surface area contributed by atoms with Crippen molar-refractivity contribution in [3.8, 4) is 0 Å². The number of aliphatic hydroxyl groups excluding tert-OH is 1. The third-order valence-electron chi connectivity index (χ3n) is 1.13. The number of carbonyl (C=O) groups is 2. The summed E-state index contributed by atoms with van der Waals surface area (Å²) in [4.78, 5) is 21.4. The molecule has 0 aliphatic carbocycles. The van der Waals surface area contributed by atoms with Gasteiger partial charge in [-0.05, 0) is 0 Å². The van der Waals surface area contributed by atoms with Crippen molar-refractivity contribution in [2.45, 2.75) is 0 Å². The molecular weight excluding hydrogens is 221 g/mol. The second kappa shape index (κ2) is 8.00. The van der Waals surface area contributed by atoms with Crippen molar-refractivity contribution in [3.63, 3.8) is 0 Å². The quantitative estimate of drug-likeness (QED) is 0.479. The van der Waals surface area contributed by atoms with E-state index in [0.29, 0.717) is 0 Å². The summed E-state index contributed by atoms with van der Waals surface area (Å²) in [6.45, 7) is -0.932. The minimum Gasteiger partial charge on any atom is -0.480 e. The smallest absolute Gasteiger partial charge is 0.317 e. The van der Waals surface area contributed by atoms with Crippen LogP contribution < -0.4 is 0 Å². The van der Waals surface area contributed by atoms with E-state index in [4.69, 9.17) is 15.3 Å². The van der Waals surface area contributed by atoms with Crippen molar-refractivity contribution in [1.29, 1.82) is 0 Å². The maximum Gasteiger partial charge on any atom is 0.317 e. The van der Waals surface area contributed by atoms with Crippen molar-refractivity contribution in [1.82, 2.24) is 4.90 Å². The second-order valence-corrected chi connectivity index (χ2v) is 2.22. The van der Waals surface area contributed by atoms with E-state index in [1.807, 2.05) is 0 Å². The van der Waals surface area contributed by atoms with Crippen molar-refractivity contribution in [2.24, 2.45) is 0 Å². The summed E-state index contributed by atoms with van der Waals surface area (Å²) in [5.74, 6) is -2.21. The van der Waals surface area contributed by atoms with Crippen molar-refractivity contribution >= 4 is 11.9 Å². The van der Waals surface area contributed by atoms with Gasteiger partial charge in [-0.25, -0.2) is 0 Å². The Balaban J connectivity index is 0. The van der Waals surface area contributed by atoms with E-state index in [9.17, 15) is 9.59 Å². The van der Waals surface area contributed by atoms with E-state index in [2.05, 4.69) is 0 Å². The summed E-state index contributed by atoms with van der Waals surface area (Å²) in [7, 11) is 0. The number of aliphatic hydroxyl groups is 1. The molecule has 0 atom stereocenters. The topological polar surface area (TPSA) is 98.1 Å². The molecule has 0 unspecified atom stereocenters. The number of hydrogen-bond acceptors (Lipinski definition) is 4. The van der Waals surface area contributed by atoms with E-state index in [1.165, 1.54) is 0 Å². The van der Waals surface area contributed by atoms with Gasteiger partial charge in [-0.1, -0.05) is 0 Å². The number of aliphatic carboxylic acids is 2. The molecule has 0 aromatic carbocycles. The third-order valence-corrected chi connectivity index (χ3v) is 1.13. The summed E-state index contributed by atoms with van der Waals surface area (Å²) < 4.78 is 0. The van der Waals surface area contributed by atoms with Crippen LogP contribution in [0.4, 0.5) is 0 Å². The number of carboxylic acids is 2. The molecule has 77 valence electrons. The predicted octanol–water partition coefficient (Wildman–Crippen LogP) is -1.55. The molecular formula is C6H11MnNO5. The van der Waals surface area contributed by atoms with Crippen LogP contribution >= 0.6 is 0 Å². The molecule has 0 heterocycles. The van der Waals surface area contributed by atoms with Crippen LogP contribution in [0.25, 0.3) is 0 Å². The van der Waals surface area contributed by atoms with E-state index in [-0.39, 0.29) is 43.3 Å². The Kier molecular flexibility index (Phi) is 9.16. The normalized spacial score (nSPS) is 9.38. The number of hydrogen-bond donors (Lipinski definition) is 3. The first-order chi connectivity index (χ1) is 5.56. The zero-order valence-electron chi connectivity index (χ0n) is 6.81. The Hall–Kier alpha value is -0.621. The molecule has 0 saturated carbocycles. The van der Waals surface area contributed by atoms with Gasteiger partial charge in [0.1, 0.15) is 0 Å². The molecule has 0 bridgehead atoms. The van der Waals surface area contributed by atoms with Gasteiger partial charge in [0.05, 0.1) is 19.7 Å². The molecule has 3 N–H and O–H groups in total. The number of rotatable bonds is 6. The van der Waals surface area contributed by atoms with Crippen molar-refractivity contribution < 1.29 is 42.0 Å². The van der Waals surface area contributed by atoms with E-state index >= 15 is 0 Å². The average Bonchev–Trinajstić information content (AvgIpc) is 1.84. The molecule has 0 rings (SSSR count). The minimum atomic E-state index is -1.11. The fraction of sp³-hybridized carbons (Fsp3) is 0.667. The molecule has 0 amide bonds. The van der Waals surface area contributed by atoms with Gasteiger partial charge in [-0.3, -0.25) is 14.5 Å². The van der Waals surface area contributed by atoms with Crippen LogP contribution in [0.15, 0.2) is 0 Å². The molecule has 0 spiro atoms. The van der Waals surface area contributed by atoms with Gasteiger partial charge < -0.3 is 15.3 Å². The van der Waals surface area contributed by atoms with Crippen LogP contribution in [0, 0.1) is 0 Å². The molecule has 0 aliphatic rings. The molecule has 0 aromatic heterocycles. The first kappa shape index (κ1) is 14.9. The zero-order valence-corrected chi connectivity index (χ0v) is 7.99. The molecule has 13 heavy (non-hydrogen) atoms. The molecule has 7 heteroatoms. The standard InChI is InChI=1S/C6H11NO5.Mn/c8-2-1-7(3-5(9)10)4-6(11)12;/h8H,1-4H2,(H,9,10)(H,11,12);.